The summed E-state index contributed by atoms with van der Waals surface area (Å²) in [6.45, 7) is 4.30. The Bertz CT molecular complexity index is 831. The largest absolute Gasteiger partial charge is 0.394 e. The number of rotatable bonds is 41. The molecule has 0 aliphatic carbocycles. The second-order valence-corrected chi connectivity index (χ2v) is 15.4. The number of allylic oxidation sites excluding steroid dienone is 7. The molecule has 0 saturated carbocycles. The maximum absolute atomic E-state index is 12.4. The highest BCUT2D eigenvalue weighted by molar-refractivity contribution is 5.76. The fraction of sp³-hybridized carbons (Fsp3) is 0.812. The zero-order chi connectivity index (χ0) is 37.8. The molecule has 2 atom stereocenters. The Morgan fingerprint density at radius 1 is 0.442 bits per heavy atom. The number of nitrogens with one attached hydrogen (secondary N) is 1. The van der Waals surface area contributed by atoms with E-state index in [1.807, 2.05) is 6.08 Å². The number of carbonyl (C=O) groups is 1. The molecule has 0 heterocycles. The number of hydrogen-bond donors (Lipinski definition) is 3. The van der Waals surface area contributed by atoms with Crippen molar-refractivity contribution in [3.63, 3.8) is 0 Å². The van der Waals surface area contributed by atoms with E-state index in [4.69, 9.17) is 0 Å². The summed E-state index contributed by atoms with van der Waals surface area (Å²) >= 11 is 0. The van der Waals surface area contributed by atoms with Gasteiger partial charge in [-0.05, 0) is 70.6 Å². The van der Waals surface area contributed by atoms with Crippen molar-refractivity contribution in [3.05, 3.63) is 48.6 Å². The summed E-state index contributed by atoms with van der Waals surface area (Å²) in [5.74, 6) is -0.0861. The van der Waals surface area contributed by atoms with Crippen LogP contribution in [0.1, 0.15) is 232 Å². The second-order valence-electron chi connectivity index (χ2n) is 15.4. The highest BCUT2D eigenvalue weighted by Gasteiger charge is 2.17. The first kappa shape index (κ1) is 50.4. The predicted molar refractivity (Wildman–Crippen MR) is 230 cm³/mol. The Morgan fingerprint density at radius 3 is 1.12 bits per heavy atom. The third-order valence-corrected chi connectivity index (χ3v) is 10.3. The average Bonchev–Trinajstić information content (AvgIpc) is 3.15. The van der Waals surface area contributed by atoms with Crippen molar-refractivity contribution in [3.8, 4) is 0 Å². The van der Waals surface area contributed by atoms with Crippen molar-refractivity contribution in [2.45, 2.75) is 244 Å². The van der Waals surface area contributed by atoms with Crippen LogP contribution in [0.4, 0.5) is 0 Å². The molecule has 4 nitrogen and oxygen atoms in total. The molecule has 0 spiro atoms. The van der Waals surface area contributed by atoms with Gasteiger partial charge in [0.25, 0.3) is 0 Å². The molecule has 1 amide bonds. The van der Waals surface area contributed by atoms with Gasteiger partial charge in [0.1, 0.15) is 0 Å². The Balaban J connectivity index is 3.65. The number of amides is 1. The van der Waals surface area contributed by atoms with Gasteiger partial charge in [0.05, 0.1) is 18.8 Å². The molecular weight excluding hydrogens is 639 g/mol. The van der Waals surface area contributed by atoms with Crippen LogP contribution in [0.3, 0.4) is 0 Å². The third-order valence-electron chi connectivity index (χ3n) is 10.3. The topological polar surface area (TPSA) is 69.6 Å². The molecule has 0 radical (unpaired) electrons. The fourth-order valence-electron chi connectivity index (χ4n) is 6.73. The molecule has 4 heteroatoms. The number of aliphatic hydroxyl groups excluding tert-OH is 2. The van der Waals surface area contributed by atoms with Crippen molar-refractivity contribution in [1.29, 1.82) is 0 Å². The SMILES string of the molecule is CCCCCCCCCCC/C=C\CCCCCCCC(=O)NC(CO)C(O)/C=C/CC/C=C/CC/C=C/CCCCCCCCCCCCCC. The summed E-state index contributed by atoms with van der Waals surface area (Å²) in [4.78, 5) is 12.4. The van der Waals surface area contributed by atoms with Gasteiger partial charge in [0.2, 0.25) is 5.91 Å². The van der Waals surface area contributed by atoms with E-state index in [1.54, 1.807) is 6.08 Å². The maximum atomic E-state index is 12.4. The van der Waals surface area contributed by atoms with E-state index >= 15 is 0 Å². The maximum Gasteiger partial charge on any atom is 0.220 e. The zero-order valence-electron chi connectivity index (χ0n) is 34.8. The van der Waals surface area contributed by atoms with Crippen LogP contribution in [0.2, 0.25) is 0 Å². The van der Waals surface area contributed by atoms with Crippen molar-refractivity contribution in [2.75, 3.05) is 6.61 Å². The Hall–Kier alpha value is -1.65. The Labute approximate surface area is 324 Å². The lowest BCUT2D eigenvalue weighted by molar-refractivity contribution is -0.123. The predicted octanol–water partition coefficient (Wildman–Crippen LogP) is 14.4. The molecule has 0 aromatic heterocycles. The van der Waals surface area contributed by atoms with Crippen LogP contribution in [-0.2, 0) is 4.79 Å². The smallest absolute Gasteiger partial charge is 0.220 e. The minimum absolute atomic E-state index is 0.0861. The number of unbranched alkanes of at least 4 members (excludes halogenated alkanes) is 28. The lowest BCUT2D eigenvalue weighted by Gasteiger charge is -2.19. The first-order valence-corrected chi connectivity index (χ1v) is 22.9. The Kier molecular flexibility index (Phi) is 42.4. The van der Waals surface area contributed by atoms with Gasteiger partial charge in [0, 0.05) is 6.42 Å². The van der Waals surface area contributed by atoms with Crippen LogP contribution in [0.5, 0.6) is 0 Å². The van der Waals surface area contributed by atoms with Crippen molar-refractivity contribution in [2.24, 2.45) is 0 Å². The quantitative estimate of drug-likeness (QED) is 0.0434. The van der Waals surface area contributed by atoms with Gasteiger partial charge in [-0.1, -0.05) is 204 Å². The molecule has 0 bridgehead atoms. The standard InChI is InChI=1S/C48H89NO3/c1-3-5-7-9-11-13-15-17-19-21-23-24-25-26-27-29-31-33-35-37-39-41-43-47(51)46(45-50)49-48(52)44-42-40-38-36-34-32-30-28-22-20-18-16-14-12-10-8-6-4-2/h26-28,30,33,35,41,43,46-47,50-51H,3-25,29,31-32,34,36-40,42,44-45H2,1-2H3,(H,49,52)/b27-26+,30-28-,35-33+,43-41+. The first-order chi connectivity index (χ1) is 25.7. The Morgan fingerprint density at radius 2 is 0.750 bits per heavy atom. The van der Waals surface area contributed by atoms with Gasteiger partial charge in [-0.3, -0.25) is 4.79 Å². The summed E-state index contributed by atoms with van der Waals surface area (Å²) < 4.78 is 0. The molecule has 304 valence electrons. The van der Waals surface area contributed by atoms with E-state index in [-0.39, 0.29) is 12.5 Å². The normalized spacial score (nSPS) is 13.4. The molecule has 2 unspecified atom stereocenters. The van der Waals surface area contributed by atoms with Crippen molar-refractivity contribution >= 4 is 5.91 Å². The molecule has 0 aromatic carbocycles. The van der Waals surface area contributed by atoms with E-state index in [9.17, 15) is 15.0 Å². The summed E-state index contributed by atoms with van der Waals surface area (Å²) in [6.07, 6.45) is 59.4. The van der Waals surface area contributed by atoms with Crippen LogP contribution in [0.25, 0.3) is 0 Å². The monoisotopic (exact) mass is 728 g/mol. The van der Waals surface area contributed by atoms with E-state index in [0.717, 1.165) is 51.4 Å². The third kappa shape index (κ3) is 39.6. The molecule has 0 saturated heterocycles. The minimum Gasteiger partial charge on any atom is -0.394 e. The van der Waals surface area contributed by atoms with Crippen molar-refractivity contribution < 1.29 is 15.0 Å². The second kappa shape index (κ2) is 43.8. The van der Waals surface area contributed by atoms with Crippen LogP contribution in [-0.4, -0.2) is 34.9 Å². The lowest BCUT2D eigenvalue weighted by atomic mass is 10.0. The van der Waals surface area contributed by atoms with Gasteiger partial charge < -0.3 is 15.5 Å². The molecule has 0 aromatic rings. The van der Waals surface area contributed by atoms with Crippen LogP contribution in [0.15, 0.2) is 48.6 Å². The molecule has 0 rings (SSSR count). The van der Waals surface area contributed by atoms with Gasteiger partial charge >= 0.3 is 0 Å². The van der Waals surface area contributed by atoms with Crippen molar-refractivity contribution in [1.82, 2.24) is 5.32 Å². The van der Waals surface area contributed by atoms with Crippen LogP contribution >= 0.6 is 0 Å². The number of hydrogen-bond acceptors (Lipinski definition) is 3. The summed E-state index contributed by atoms with van der Waals surface area (Å²) in [5, 5.41) is 23.0. The summed E-state index contributed by atoms with van der Waals surface area (Å²) in [6, 6.07) is -0.650. The molecule has 0 aliphatic rings. The number of carbonyl (C=O) groups excluding carboxylic acids is 1. The summed E-state index contributed by atoms with van der Waals surface area (Å²) in [5.41, 5.74) is 0. The highest BCUT2D eigenvalue weighted by atomic mass is 16.3. The van der Waals surface area contributed by atoms with E-state index in [0.29, 0.717) is 6.42 Å². The first-order valence-electron chi connectivity index (χ1n) is 22.9. The van der Waals surface area contributed by atoms with E-state index in [2.05, 4.69) is 55.6 Å². The van der Waals surface area contributed by atoms with Crippen LogP contribution < -0.4 is 5.32 Å². The van der Waals surface area contributed by atoms with Gasteiger partial charge in [-0.2, -0.15) is 0 Å². The average molecular weight is 728 g/mol. The molecule has 52 heavy (non-hydrogen) atoms. The molecular formula is C48H89NO3. The zero-order valence-corrected chi connectivity index (χ0v) is 34.8. The fourth-order valence-corrected chi connectivity index (χ4v) is 6.73. The van der Waals surface area contributed by atoms with Crippen LogP contribution in [0, 0.1) is 0 Å². The molecule has 0 aliphatic heterocycles. The molecule has 0 fully saturated rings. The van der Waals surface area contributed by atoms with Gasteiger partial charge in [-0.15, -0.1) is 0 Å². The van der Waals surface area contributed by atoms with Gasteiger partial charge in [0.15, 0.2) is 0 Å². The minimum atomic E-state index is -0.874. The highest BCUT2D eigenvalue weighted by Crippen LogP contribution is 2.14. The van der Waals surface area contributed by atoms with E-state index < -0.39 is 12.1 Å². The van der Waals surface area contributed by atoms with E-state index in [1.165, 1.54) is 161 Å². The lowest BCUT2D eigenvalue weighted by Crippen LogP contribution is -2.45. The number of aliphatic hydroxyl groups is 2. The summed E-state index contributed by atoms with van der Waals surface area (Å²) in [7, 11) is 0. The van der Waals surface area contributed by atoms with Gasteiger partial charge in [-0.25, -0.2) is 0 Å². The molecule has 3 N–H and O–H groups in total.